The maximum absolute atomic E-state index is 9.26. The van der Waals surface area contributed by atoms with Gasteiger partial charge in [-0.2, -0.15) is 0 Å². The molecule has 0 aliphatic rings. The Hall–Kier alpha value is -6.58. The molecule has 0 radical (unpaired) electrons. The Bertz CT molecular complexity index is 3210. The molecule has 0 N–H and O–H groups in total. The Labute approximate surface area is 292 Å². The number of hydrogen-bond donors (Lipinski definition) is 0. The van der Waals surface area contributed by atoms with Crippen LogP contribution in [0.4, 0.5) is 17.1 Å². The van der Waals surface area contributed by atoms with Gasteiger partial charge in [0.1, 0.15) is 16.7 Å². The van der Waals surface area contributed by atoms with E-state index in [-0.39, 0.29) is 51.7 Å². The summed E-state index contributed by atoms with van der Waals surface area (Å²) >= 11 is 0. The van der Waals surface area contributed by atoms with Crippen molar-refractivity contribution in [2.24, 2.45) is 0 Å². The van der Waals surface area contributed by atoms with Crippen molar-refractivity contribution in [2.75, 3.05) is 4.90 Å². The maximum Gasteiger partial charge on any atom is 0.159 e. The number of anilines is 3. The molecule has 8 aromatic carbocycles. The first kappa shape index (κ1) is 21.3. The van der Waals surface area contributed by atoms with Gasteiger partial charge in [0.25, 0.3) is 0 Å². The van der Waals surface area contributed by atoms with E-state index >= 15 is 0 Å². The average molecular weight is 635 g/mol. The zero-order valence-corrected chi connectivity index (χ0v) is 26.0. The Morgan fingerprint density at radius 1 is 0.408 bits per heavy atom. The summed E-state index contributed by atoms with van der Waals surface area (Å²) in [5.74, 6) is 0. The van der Waals surface area contributed by atoms with Crippen molar-refractivity contribution >= 4 is 71.7 Å². The van der Waals surface area contributed by atoms with Crippen molar-refractivity contribution in [3.8, 4) is 22.3 Å². The van der Waals surface area contributed by atoms with Crippen LogP contribution in [-0.2, 0) is 0 Å². The van der Waals surface area contributed by atoms with Crippen LogP contribution in [0.1, 0.15) is 9.60 Å². The molecule has 3 nitrogen and oxygen atoms in total. The lowest BCUT2D eigenvalue weighted by Gasteiger charge is -2.26. The Kier molecular flexibility index (Phi) is 4.79. The van der Waals surface area contributed by atoms with E-state index in [1.165, 1.54) is 0 Å². The minimum absolute atomic E-state index is 0.0270. The third-order valence-electron chi connectivity index (χ3n) is 9.14. The highest BCUT2D eigenvalue weighted by Crippen LogP contribution is 2.44. The normalized spacial score (nSPS) is 13.7. The van der Waals surface area contributed by atoms with Crippen LogP contribution in [0.15, 0.2) is 185 Å². The van der Waals surface area contributed by atoms with E-state index in [2.05, 4.69) is 71.6 Å². The highest BCUT2D eigenvalue weighted by atomic mass is 16.3. The molecule has 0 amide bonds. The SMILES string of the molecule is [2H]c1c([2H])c([2H])c2c(oc3c([2H])c([2H])c(-c4ccc(N(c5ccc(-c6ccccc6)cc5)c5cccc6c5oc5c7ccccc7ccc65)cc4)c([2H])c32)c1[2H]. The zero-order chi connectivity index (χ0) is 38.4. The van der Waals surface area contributed by atoms with Crippen LogP contribution >= 0.6 is 0 Å². The minimum Gasteiger partial charge on any atom is -0.456 e. The molecule has 0 unspecified atom stereocenters. The van der Waals surface area contributed by atoms with Gasteiger partial charge in [-0.05, 0) is 82.2 Å². The molecule has 0 saturated heterocycles. The molecule has 0 aliphatic heterocycles. The van der Waals surface area contributed by atoms with E-state index in [1.807, 2.05) is 54.6 Å². The van der Waals surface area contributed by atoms with Gasteiger partial charge in [-0.25, -0.2) is 0 Å². The second kappa shape index (κ2) is 11.0. The molecular formula is C46H29NO2. The summed E-state index contributed by atoms with van der Waals surface area (Å²) in [4.78, 5) is 2.12. The van der Waals surface area contributed by atoms with Gasteiger partial charge < -0.3 is 13.7 Å². The van der Waals surface area contributed by atoms with E-state index in [0.717, 1.165) is 60.9 Å². The fraction of sp³-hybridized carbons (Fsp3) is 0. The summed E-state index contributed by atoms with van der Waals surface area (Å²) in [5.41, 5.74) is 6.60. The molecule has 0 aliphatic carbocycles. The summed E-state index contributed by atoms with van der Waals surface area (Å²) in [7, 11) is 0. The van der Waals surface area contributed by atoms with Crippen molar-refractivity contribution in [1.82, 2.24) is 0 Å². The molecule has 10 aromatic rings. The molecule has 0 fully saturated rings. The molecule has 0 saturated carbocycles. The molecule has 230 valence electrons. The lowest BCUT2D eigenvalue weighted by atomic mass is 10.0. The number of furan rings is 2. The van der Waals surface area contributed by atoms with Crippen molar-refractivity contribution in [1.29, 1.82) is 0 Å². The Balaban J connectivity index is 1.16. The third-order valence-corrected chi connectivity index (χ3v) is 9.14. The molecule has 0 bridgehead atoms. The van der Waals surface area contributed by atoms with E-state index in [9.17, 15) is 1.37 Å². The maximum atomic E-state index is 9.26. The van der Waals surface area contributed by atoms with Crippen LogP contribution in [-0.4, -0.2) is 0 Å². The van der Waals surface area contributed by atoms with E-state index in [1.54, 1.807) is 12.1 Å². The summed E-state index contributed by atoms with van der Waals surface area (Å²) in [6.07, 6.45) is 0. The second-order valence-electron chi connectivity index (χ2n) is 12.0. The van der Waals surface area contributed by atoms with Crippen molar-refractivity contribution in [3.63, 3.8) is 0 Å². The van der Waals surface area contributed by atoms with Gasteiger partial charge in [-0.3, -0.25) is 0 Å². The number of rotatable bonds is 5. The largest absolute Gasteiger partial charge is 0.456 e. The fourth-order valence-electron chi connectivity index (χ4n) is 6.77. The smallest absolute Gasteiger partial charge is 0.159 e. The summed E-state index contributed by atoms with van der Waals surface area (Å²) < 4.78 is 73.0. The second-order valence-corrected chi connectivity index (χ2v) is 12.0. The highest BCUT2D eigenvalue weighted by Gasteiger charge is 2.20. The number of para-hydroxylation sites is 2. The van der Waals surface area contributed by atoms with E-state index < -0.39 is 18.1 Å². The van der Waals surface area contributed by atoms with Crippen molar-refractivity contribution in [3.05, 3.63) is 176 Å². The molecule has 10 rings (SSSR count). The number of nitrogens with zero attached hydrogens (tertiary/aromatic N) is 1. The zero-order valence-electron chi connectivity index (χ0n) is 33.0. The molecule has 2 heterocycles. The first-order valence-electron chi connectivity index (χ1n) is 19.5. The van der Waals surface area contributed by atoms with E-state index in [0.29, 0.717) is 5.56 Å². The predicted octanol–water partition coefficient (Wildman–Crippen LogP) is 13.4. The van der Waals surface area contributed by atoms with Gasteiger partial charge in [-0.15, -0.1) is 0 Å². The lowest BCUT2D eigenvalue weighted by Crippen LogP contribution is -2.10. The van der Waals surface area contributed by atoms with Crippen molar-refractivity contribution < 1.29 is 18.4 Å². The number of fused-ring (bicyclic) bond motifs is 8. The summed E-state index contributed by atoms with van der Waals surface area (Å²) in [5, 5.41) is 4.21. The van der Waals surface area contributed by atoms with Crippen LogP contribution in [0, 0.1) is 0 Å². The standard InChI is InChI=1S/C46H29NO2/c1-2-9-30(10-3-1)31-17-23-35(24-18-31)47(42-15-8-14-39-40-27-21-33-11-4-5-12-37(33)45(40)49-46(39)42)36-25-19-32(20-26-36)34-22-28-44-41(29-34)38-13-6-7-16-43(38)48-44/h1-29H/i6D,7D,13D,16D,22D,28D,29D. The molecule has 49 heavy (non-hydrogen) atoms. The molecular weight excluding hydrogens is 599 g/mol. The van der Waals surface area contributed by atoms with Crippen LogP contribution in [0.3, 0.4) is 0 Å². The minimum atomic E-state index is -0.465. The fourth-order valence-corrected chi connectivity index (χ4v) is 6.77. The van der Waals surface area contributed by atoms with Crippen LogP contribution in [0.25, 0.3) is 76.9 Å². The topological polar surface area (TPSA) is 29.5 Å². The van der Waals surface area contributed by atoms with Gasteiger partial charge in [0.15, 0.2) is 5.58 Å². The number of benzene rings is 8. The van der Waals surface area contributed by atoms with Gasteiger partial charge >= 0.3 is 0 Å². The molecule has 0 spiro atoms. The average Bonchev–Trinajstić information content (AvgIpc) is 3.84. The third kappa shape index (κ3) is 4.51. The molecule has 2 aromatic heterocycles. The number of hydrogen-bond acceptors (Lipinski definition) is 3. The van der Waals surface area contributed by atoms with Crippen LogP contribution in [0.2, 0.25) is 0 Å². The summed E-state index contributed by atoms with van der Waals surface area (Å²) in [6, 6.07) is 42.1. The van der Waals surface area contributed by atoms with Crippen LogP contribution in [0.5, 0.6) is 0 Å². The predicted molar refractivity (Wildman–Crippen MR) is 204 cm³/mol. The monoisotopic (exact) mass is 634 g/mol. The highest BCUT2D eigenvalue weighted by molar-refractivity contribution is 6.17. The quantitative estimate of drug-likeness (QED) is 0.189. The molecule has 3 heteroatoms. The first-order valence-corrected chi connectivity index (χ1v) is 16.0. The van der Waals surface area contributed by atoms with E-state index in [4.69, 9.17) is 17.1 Å². The van der Waals surface area contributed by atoms with Gasteiger partial charge in [0.2, 0.25) is 0 Å². The van der Waals surface area contributed by atoms with Gasteiger partial charge in [0, 0.05) is 38.3 Å². The lowest BCUT2D eigenvalue weighted by molar-refractivity contribution is 0.669. The van der Waals surface area contributed by atoms with Crippen molar-refractivity contribution in [2.45, 2.75) is 0 Å². The first-order chi connectivity index (χ1) is 27.2. The summed E-state index contributed by atoms with van der Waals surface area (Å²) in [6.45, 7) is 0. The van der Waals surface area contributed by atoms with Gasteiger partial charge in [0.05, 0.1) is 15.3 Å². The van der Waals surface area contributed by atoms with Gasteiger partial charge in [-0.1, -0.05) is 121 Å². The van der Waals surface area contributed by atoms with Crippen LogP contribution < -0.4 is 4.90 Å². The Morgan fingerprint density at radius 3 is 1.88 bits per heavy atom. The Morgan fingerprint density at radius 2 is 1.06 bits per heavy atom. The molecule has 0 atom stereocenters.